The van der Waals surface area contributed by atoms with Gasteiger partial charge in [0.25, 0.3) is 0 Å². The summed E-state index contributed by atoms with van der Waals surface area (Å²) in [5.74, 6) is -1.52. The van der Waals surface area contributed by atoms with E-state index in [1.165, 1.54) is 12.1 Å². The Bertz CT molecular complexity index is 1390. The van der Waals surface area contributed by atoms with Crippen molar-refractivity contribution in [2.75, 3.05) is 0 Å². The summed E-state index contributed by atoms with van der Waals surface area (Å²) in [5, 5.41) is 7.72. The molecule has 0 spiro atoms. The van der Waals surface area contributed by atoms with E-state index in [0.29, 0.717) is 17.6 Å². The summed E-state index contributed by atoms with van der Waals surface area (Å²) in [6.45, 7) is 5.26. The van der Waals surface area contributed by atoms with Crippen LogP contribution in [0.15, 0.2) is 85.6 Å². The Labute approximate surface area is 194 Å². The number of para-hydroxylation sites is 1. The van der Waals surface area contributed by atoms with Gasteiger partial charge in [0.2, 0.25) is 0 Å². The van der Waals surface area contributed by atoms with Crippen molar-refractivity contribution in [1.82, 2.24) is 10.2 Å². The van der Waals surface area contributed by atoms with Crippen LogP contribution in [0.3, 0.4) is 0 Å². The maximum Gasteiger partial charge on any atom is 0.420 e. The fourth-order valence-electron chi connectivity index (χ4n) is 3.96. The van der Waals surface area contributed by atoms with E-state index < -0.39 is 23.5 Å². The molecule has 1 aromatic heterocycles. The highest BCUT2D eigenvalue weighted by molar-refractivity contribution is 6.02. The van der Waals surface area contributed by atoms with Crippen LogP contribution in [0.2, 0.25) is 0 Å². The molecule has 7 heteroatoms. The van der Waals surface area contributed by atoms with Gasteiger partial charge in [0.15, 0.2) is 5.75 Å². The molecule has 0 unspecified atom stereocenters. The minimum absolute atomic E-state index is 0.161. The maximum atomic E-state index is 14.0. The van der Waals surface area contributed by atoms with Crippen molar-refractivity contribution in [3.8, 4) is 5.75 Å². The van der Waals surface area contributed by atoms with Crippen molar-refractivity contribution >= 4 is 28.0 Å². The van der Waals surface area contributed by atoms with Crippen LogP contribution in [0.1, 0.15) is 35.6 Å². The van der Waals surface area contributed by atoms with Gasteiger partial charge in [-0.2, -0.15) is 18.3 Å². The van der Waals surface area contributed by atoms with E-state index in [1.807, 2.05) is 55.5 Å². The second-order valence-corrected chi connectivity index (χ2v) is 7.55. The Kier molecular flexibility index (Phi) is 6.36. The average molecular weight is 462 g/mol. The van der Waals surface area contributed by atoms with E-state index in [4.69, 9.17) is 4.74 Å². The summed E-state index contributed by atoms with van der Waals surface area (Å²) in [7, 11) is 0. The molecule has 0 atom stereocenters. The lowest BCUT2D eigenvalue weighted by atomic mass is 9.86. The number of ether oxygens (including phenoxy) is 1. The molecular formula is C27H21F3N2O2. The summed E-state index contributed by atoms with van der Waals surface area (Å²) < 4.78 is 47.2. The first-order chi connectivity index (χ1) is 16.3. The quantitative estimate of drug-likeness (QED) is 0.145. The van der Waals surface area contributed by atoms with Crippen molar-refractivity contribution in [3.63, 3.8) is 0 Å². The third kappa shape index (κ3) is 4.50. The Morgan fingerprint density at radius 2 is 1.82 bits per heavy atom. The minimum atomic E-state index is -4.73. The van der Waals surface area contributed by atoms with Crippen molar-refractivity contribution in [1.29, 1.82) is 0 Å². The van der Waals surface area contributed by atoms with E-state index in [-0.39, 0.29) is 5.56 Å². The lowest BCUT2D eigenvalue weighted by molar-refractivity contribution is -0.140. The van der Waals surface area contributed by atoms with Crippen molar-refractivity contribution in [2.45, 2.75) is 19.5 Å². The third-order valence-electron chi connectivity index (χ3n) is 5.47. The van der Waals surface area contributed by atoms with Crippen LogP contribution in [0.4, 0.5) is 13.2 Å². The summed E-state index contributed by atoms with van der Waals surface area (Å²) in [4.78, 5) is 12.1. The predicted molar refractivity (Wildman–Crippen MR) is 126 cm³/mol. The van der Waals surface area contributed by atoms with Crippen LogP contribution in [0.25, 0.3) is 22.0 Å². The number of aromatic amines is 1. The Balaban J connectivity index is 2.10. The van der Waals surface area contributed by atoms with Crippen LogP contribution in [-0.4, -0.2) is 16.2 Å². The number of fused-ring (bicyclic) bond motifs is 1. The van der Waals surface area contributed by atoms with Crippen LogP contribution < -0.4 is 4.74 Å². The molecule has 3 aromatic carbocycles. The first-order valence-electron chi connectivity index (χ1n) is 10.6. The second kappa shape index (κ2) is 9.39. The smallest absolute Gasteiger partial charge is 0.420 e. The zero-order valence-corrected chi connectivity index (χ0v) is 18.3. The van der Waals surface area contributed by atoms with Gasteiger partial charge in [-0.3, -0.25) is 5.10 Å². The number of carbonyl (C=O) groups excluding carboxylic acids is 1. The molecule has 172 valence electrons. The summed E-state index contributed by atoms with van der Waals surface area (Å²) in [6.07, 6.45) is -1.72. The predicted octanol–water partition coefficient (Wildman–Crippen LogP) is 7.04. The number of allylic oxidation sites excluding steroid dienone is 1. The molecule has 34 heavy (non-hydrogen) atoms. The molecule has 0 saturated heterocycles. The van der Waals surface area contributed by atoms with E-state index >= 15 is 0 Å². The molecule has 0 bridgehead atoms. The number of esters is 1. The van der Waals surface area contributed by atoms with Gasteiger partial charge >= 0.3 is 12.1 Å². The van der Waals surface area contributed by atoms with Gasteiger partial charge < -0.3 is 4.74 Å². The average Bonchev–Trinajstić information content (AvgIpc) is 3.30. The normalized spacial score (nSPS) is 12.4. The number of alkyl halides is 3. The molecule has 1 heterocycles. The van der Waals surface area contributed by atoms with E-state index in [9.17, 15) is 18.0 Å². The lowest BCUT2D eigenvalue weighted by Crippen LogP contribution is -2.14. The standard InChI is InChI=1S/C27H21F3N2O2/c1-3-20(17-9-6-5-7-10-17)25(18-13-14-23-19(15-18)16-31-32-23)21-11-8-12-22(27(28,29)30)26(21)34-24(33)4-2/h4-16H,2-3H2,1H3,(H,31,32)/b25-20+. The van der Waals surface area contributed by atoms with E-state index in [2.05, 4.69) is 16.8 Å². The number of benzene rings is 3. The highest BCUT2D eigenvalue weighted by atomic mass is 19.4. The lowest BCUT2D eigenvalue weighted by Gasteiger charge is -2.21. The molecule has 0 amide bonds. The summed E-state index contributed by atoms with van der Waals surface area (Å²) >= 11 is 0. The van der Waals surface area contributed by atoms with E-state index in [0.717, 1.165) is 34.2 Å². The van der Waals surface area contributed by atoms with Gasteiger partial charge in [-0.25, -0.2) is 4.79 Å². The van der Waals surface area contributed by atoms with Crippen LogP contribution in [-0.2, 0) is 11.0 Å². The third-order valence-corrected chi connectivity index (χ3v) is 5.47. The number of hydrogen-bond donors (Lipinski definition) is 1. The molecule has 4 rings (SSSR count). The largest absolute Gasteiger partial charge is 0.422 e. The Hall–Kier alpha value is -4.13. The zero-order chi connectivity index (χ0) is 24.3. The molecule has 0 saturated carbocycles. The molecule has 4 nitrogen and oxygen atoms in total. The first-order valence-corrected chi connectivity index (χ1v) is 10.6. The van der Waals surface area contributed by atoms with Gasteiger partial charge in [0.05, 0.1) is 17.3 Å². The Morgan fingerprint density at radius 3 is 2.50 bits per heavy atom. The molecule has 4 aromatic rings. The van der Waals surface area contributed by atoms with Gasteiger partial charge in [-0.05, 0) is 46.9 Å². The highest BCUT2D eigenvalue weighted by Gasteiger charge is 2.37. The topological polar surface area (TPSA) is 55.0 Å². The summed E-state index contributed by atoms with van der Waals surface area (Å²) in [5.41, 5.74) is 2.78. The summed E-state index contributed by atoms with van der Waals surface area (Å²) in [6, 6.07) is 18.6. The number of nitrogens with zero attached hydrogens (tertiary/aromatic N) is 1. The highest BCUT2D eigenvalue weighted by Crippen LogP contribution is 2.45. The molecular weight excluding hydrogens is 441 g/mol. The van der Waals surface area contributed by atoms with Gasteiger partial charge in [0.1, 0.15) is 0 Å². The number of carbonyl (C=O) groups is 1. The fraction of sp³-hybridized carbons (Fsp3) is 0.111. The van der Waals surface area contributed by atoms with Crippen molar-refractivity contribution in [2.24, 2.45) is 0 Å². The van der Waals surface area contributed by atoms with E-state index in [1.54, 1.807) is 6.20 Å². The molecule has 0 fully saturated rings. The monoisotopic (exact) mass is 462 g/mol. The number of halogens is 3. The zero-order valence-electron chi connectivity index (χ0n) is 18.3. The maximum absolute atomic E-state index is 14.0. The SMILES string of the molecule is C=CC(=O)Oc1c(/C(=C(\CC)c2ccccc2)c2ccc3[nH]ncc3c2)cccc1C(F)(F)F. The Morgan fingerprint density at radius 1 is 1.06 bits per heavy atom. The van der Waals surface area contributed by atoms with Crippen LogP contribution >= 0.6 is 0 Å². The molecule has 0 aliphatic rings. The second-order valence-electron chi connectivity index (χ2n) is 7.55. The first kappa shape index (κ1) is 23.0. The number of nitrogens with one attached hydrogen (secondary N) is 1. The van der Waals surface area contributed by atoms with Crippen LogP contribution in [0.5, 0.6) is 5.75 Å². The number of rotatable bonds is 6. The fourth-order valence-corrected chi connectivity index (χ4v) is 3.96. The molecule has 0 aliphatic heterocycles. The number of aromatic nitrogens is 2. The molecule has 0 aliphatic carbocycles. The minimum Gasteiger partial charge on any atom is -0.422 e. The number of H-pyrrole nitrogens is 1. The van der Waals surface area contributed by atoms with Gasteiger partial charge in [0, 0.05) is 17.0 Å². The number of hydrogen-bond acceptors (Lipinski definition) is 3. The van der Waals surface area contributed by atoms with Crippen molar-refractivity contribution < 1.29 is 22.7 Å². The molecule has 1 N–H and O–H groups in total. The van der Waals surface area contributed by atoms with Crippen molar-refractivity contribution in [3.05, 3.63) is 108 Å². The van der Waals surface area contributed by atoms with Crippen LogP contribution in [0, 0.1) is 0 Å². The molecule has 0 radical (unpaired) electrons. The van der Waals surface area contributed by atoms with Gasteiger partial charge in [-0.15, -0.1) is 0 Å². The van der Waals surface area contributed by atoms with Gasteiger partial charge in [-0.1, -0.05) is 62.0 Å².